The highest BCUT2D eigenvalue weighted by molar-refractivity contribution is 9.10. The Labute approximate surface area is 139 Å². The Balaban J connectivity index is 2.02. The molecule has 0 aliphatic heterocycles. The summed E-state index contributed by atoms with van der Waals surface area (Å²) in [5.41, 5.74) is 3.52. The fraction of sp³-hybridized carbons (Fsp3) is 0.278. The van der Waals surface area contributed by atoms with Gasteiger partial charge in [0.2, 0.25) is 0 Å². The van der Waals surface area contributed by atoms with Gasteiger partial charge in [0.05, 0.1) is 24.9 Å². The number of benzene rings is 2. The van der Waals surface area contributed by atoms with Crippen LogP contribution in [0, 0.1) is 0 Å². The average Bonchev–Trinajstić information content (AvgIpc) is 2.86. The first-order chi connectivity index (χ1) is 10.6. The van der Waals surface area contributed by atoms with Crippen molar-refractivity contribution in [3.8, 4) is 5.75 Å². The number of methoxy groups -OCH3 is 1. The van der Waals surface area contributed by atoms with Gasteiger partial charge in [0.25, 0.3) is 0 Å². The lowest BCUT2D eigenvalue weighted by molar-refractivity contribution is 0.414. The summed E-state index contributed by atoms with van der Waals surface area (Å²) in [6.07, 6.45) is 0. The number of fused-ring (bicyclic) bond motifs is 1. The van der Waals surface area contributed by atoms with Gasteiger partial charge in [0, 0.05) is 9.86 Å². The smallest absolute Gasteiger partial charge is 0.118 e. The number of nitrogens with zero attached hydrogens (tertiary/aromatic N) is 2. The van der Waals surface area contributed by atoms with Crippen molar-refractivity contribution >= 4 is 26.8 Å². The zero-order valence-electron chi connectivity index (χ0n) is 13.0. The molecule has 0 N–H and O–H groups in total. The first kappa shape index (κ1) is 15.1. The molecule has 3 rings (SSSR count). The first-order valence-corrected chi connectivity index (χ1v) is 8.16. The van der Waals surface area contributed by atoms with Crippen LogP contribution in [0.4, 0.5) is 0 Å². The molecule has 0 aliphatic carbocycles. The van der Waals surface area contributed by atoms with Crippen molar-refractivity contribution in [2.45, 2.75) is 26.3 Å². The standard InChI is InChI=1S/C18H19BrN2O/c1-12(2)18-16-10-14(19)6-9-17(16)21(20-18)11-13-4-7-15(22-3)8-5-13/h4-10,12H,11H2,1-3H3. The molecule has 0 saturated carbocycles. The van der Waals surface area contributed by atoms with Crippen LogP contribution in [0.3, 0.4) is 0 Å². The van der Waals surface area contributed by atoms with Gasteiger partial charge in [0.15, 0.2) is 0 Å². The lowest BCUT2D eigenvalue weighted by Gasteiger charge is -2.05. The van der Waals surface area contributed by atoms with Gasteiger partial charge in [-0.1, -0.05) is 41.9 Å². The van der Waals surface area contributed by atoms with Crippen LogP contribution in [0.25, 0.3) is 10.9 Å². The molecule has 0 spiro atoms. The van der Waals surface area contributed by atoms with Crippen LogP contribution in [0.1, 0.15) is 31.0 Å². The molecule has 0 fully saturated rings. The molecule has 4 heteroatoms. The number of rotatable bonds is 4. The van der Waals surface area contributed by atoms with E-state index in [0.29, 0.717) is 5.92 Å². The van der Waals surface area contributed by atoms with E-state index >= 15 is 0 Å². The Kier molecular flexibility index (Phi) is 4.21. The van der Waals surface area contributed by atoms with Crippen molar-refractivity contribution < 1.29 is 4.74 Å². The van der Waals surface area contributed by atoms with Crippen molar-refractivity contribution in [1.29, 1.82) is 0 Å². The number of ether oxygens (including phenoxy) is 1. The fourth-order valence-corrected chi connectivity index (χ4v) is 2.99. The van der Waals surface area contributed by atoms with Crippen molar-refractivity contribution in [2.24, 2.45) is 0 Å². The van der Waals surface area contributed by atoms with Gasteiger partial charge in [-0.15, -0.1) is 0 Å². The van der Waals surface area contributed by atoms with Crippen molar-refractivity contribution in [3.05, 3.63) is 58.2 Å². The molecule has 3 aromatic rings. The largest absolute Gasteiger partial charge is 0.497 e. The number of hydrogen-bond donors (Lipinski definition) is 0. The molecule has 0 saturated heterocycles. The minimum atomic E-state index is 0.397. The fourth-order valence-electron chi connectivity index (χ4n) is 2.63. The van der Waals surface area contributed by atoms with E-state index in [1.54, 1.807) is 7.11 Å². The van der Waals surface area contributed by atoms with Gasteiger partial charge in [-0.05, 0) is 41.8 Å². The summed E-state index contributed by atoms with van der Waals surface area (Å²) in [7, 11) is 1.68. The third-order valence-electron chi connectivity index (χ3n) is 3.78. The molecule has 0 atom stereocenters. The Morgan fingerprint density at radius 3 is 2.50 bits per heavy atom. The van der Waals surface area contributed by atoms with Crippen LogP contribution in [-0.4, -0.2) is 16.9 Å². The zero-order valence-corrected chi connectivity index (χ0v) is 14.6. The molecule has 0 bridgehead atoms. The summed E-state index contributed by atoms with van der Waals surface area (Å²) in [5.74, 6) is 1.27. The minimum absolute atomic E-state index is 0.397. The normalized spacial score (nSPS) is 11.3. The molecule has 1 aromatic heterocycles. The minimum Gasteiger partial charge on any atom is -0.497 e. The Morgan fingerprint density at radius 1 is 1.14 bits per heavy atom. The third kappa shape index (κ3) is 2.88. The van der Waals surface area contributed by atoms with Crippen LogP contribution < -0.4 is 4.74 Å². The van der Waals surface area contributed by atoms with Crippen LogP contribution in [0.2, 0.25) is 0 Å². The maximum Gasteiger partial charge on any atom is 0.118 e. The Hall–Kier alpha value is -1.81. The SMILES string of the molecule is COc1ccc(Cn2nc(C(C)C)c3cc(Br)ccc32)cc1. The topological polar surface area (TPSA) is 27.1 Å². The number of hydrogen-bond acceptors (Lipinski definition) is 2. The van der Waals surface area contributed by atoms with Crippen molar-refractivity contribution in [2.75, 3.05) is 7.11 Å². The monoisotopic (exact) mass is 358 g/mol. The maximum absolute atomic E-state index is 5.21. The van der Waals surface area contributed by atoms with Gasteiger partial charge >= 0.3 is 0 Å². The van der Waals surface area contributed by atoms with E-state index < -0.39 is 0 Å². The molecular formula is C18H19BrN2O. The summed E-state index contributed by atoms with van der Waals surface area (Å²) >= 11 is 3.56. The molecule has 0 radical (unpaired) electrons. The highest BCUT2D eigenvalue weighted by atomic mass is 79.9. The zero-order chi connectivity index (χ0) is 15.7. The molecule has 2 aromatic carbocycles. The lowest BCUT2D eigenvalue weighted by atomic mass is 10.1. The molecule has 0 amide bonds. The molecule has 0 aliphatic rings. The Morgan fingerprint density at radius 2 is 1.86 bits per heavy atom. The third-order valence-corrected chi connectivity index (χ3v) is 4.27. The molecule has 1 heterocycles. The van der Waals surface area contributed by atoms with E-state index in [4.69, 9.17) is 9.84 Å². The summed E-state index contributed by atoms with van der Waals surface area (Å²) in [6, 6.07) is 14.5. The summed E-state index contributed by atoms with van der Waals surface area (Å²) in [6.45, 7) is 5.12. The highest BCUT2D eigenvalue weighted by Gasteiger charge is 2.14. The second-order valence-electron chi connectivity index (χ2n) is 5.71. The van der Waals surface area contributed by atoms with E-state index in [9.17, 15) is 0 Å². The van der Waals surface area contributed by atoms with Crippen molar-refractivity contribution in [3.63, 3.8) is 0 Å². The second kappa shape index (κ2) is 6.13. The van der Waals surface area contributed by atoms with Crippen LogP contribution >= 0.6 is 15.9 Å². The quantitative estimate of drug-likeness (QED) is 0.657. The second-order valence-corrected chi connectivity index (χ2v) is 6.62. The molecule has 3 nitrogen and oxygen atoms in total. The summed E-state index contributed by atoms with van der Waals surface area (Å²) in [4.78, 5) is 0. The molecule has 0 unspecified atom stereocenters. The Bertz CT molecular complexity index is 791. The molecule has 22 heavy (non-hydrogen) atoms. The van der Waals surface area contributed by atoms with E-state index in [2.05, 4.69) is 64.8 Å². The van der Waals surface area contributed by atoms with E-state index in [0.717, 1.165) is 22.5 Å². The summed E-state index contributed by atoms with van der Waals surface area (Å²) < 4.78 is 8.38. The maximum atomic E-state index is 5.21. The predicted molar refractivity (Wildman–Crippen MR) is 93.6 cm³/mol. The van der Waals surface area contributed by atoms with Crippen LogP contribution in [0.5, 0.6) is 5.75 Å². The lowest BCUT2D eigenvalue weighted by Crippen LogP contribution is -2.02. The average molecular weight is 359 g/mol. The number of aromatic nitrogens is 2. The molecular weight excluding hydrogens is 340 g/mol. The molecule has 114 valence electrons. The van der Waals surface area contributed by atoms with Crippen LogP contribution in [-0.2, 0) is 6.54 Å². The van der Waals surface area contributed by atoms with Crippen LogP contribution in [0.15, 0.2) is 46.9 Å². The van der Waals surface area contributed by atoms with Gasteiger partial charge in [-0.3, -0.25) is 4.68 Å². The number of halogens is 1. The predicted octanol–water partition coefficient (Wildman–Crippen LogP) is 4.98. The van der Waals surface area contributed by atoms with E-state index in [1.165, 1.54) is 16.5 Å². The summed E-state index contributed by atoms with van der Waals surface area (Å²) in [5, 5.41) is 6.05. The van der Waals surface area contributed by atoms with Gasteiger partial charge in [0.1, 0.15) is 5.75 Å². The van der Waals surface area contributed by atoms with E-state index in [-0.39, 0.29) is 0 Å². The van der Waals surface area contributed by atoms with Gasteiger partial charge in [-0.2, -0.15) is 5.10 Å². The van der Waals surface area contributed by atoms with Gasteiger partial charge in [-0.25, -0.2) is 0 Å². The van der Waals surface area contributed by atoms with Gasteiger partial charge < -0.3 is 4.74 Å². The first-order valence-electron chi connectivity index (χ1n) is 7.37. The highest BCUT2D eigenvalue weighted by Crippen LogP contribution is 2.28. The van der Waals surface area contributed by atoms with Crippen molar-refractivity contribution in [1.82, 2.24) is 9.78 Å². The van der Waals surface area contributed by atoms with E-state index in [1.807, 2.05) is 12.1 Å².